The molecular weight excluding hydrogens is 386 g/mol. The van der Waals surface area contributed by atoms with E-state index in [1.165, 1.54) is 0 Å². The monoisotopic (exact) mass is 393 g/mol. The Morgan fingerprint density at radius 3 is 2.40 bits per heavy atom. The van der Waals surface area contributed by atoms with Gasteiger partial charge >= 0.3 is 0 Å². The third-order valence-electron chi connectivity index (χ3n) is 3.19. The molecule has 1 N–H and O–H groups in total. The fraction of sp³-hybridized carbons (Fsp3) is 0.0667. The van der Waals surface area contributed by atoms with Gasteiger partial charge in [-0.2, -0.15) is 0 Å². The highest BCUT2D eigenvalue weighted by Gasteiger charge is 2.42. The maximum atomic E-state index is 12.4. The highest BCUT2D eigenvalue weighted by atomic mass is 79.9. The highest BCUT2D eigenvalue weighted by Crippen LogP contribution is 2.47. The average molecular weight is 395 g/mol. The number of anilines is 1. The first-order chi connectivity index (χ1) is 9.50. The van der Waals surface area contributed by atoms with Gasteiger partial charge in [0.25, 0.3) is 5.91 Å². The Kier molecular flexibility index (Phi) is 3.26. The van der Waals surface area contributed by atoms with E-state index in [9.17, 15) is 9.59 Å². The molecule has 0 radical (unpaired) electrons. The summed E-state index contributed by atoms with van der Waals surface area (Å²) in [6.07, 6.45) is 0. The lowest BCUT2D eigenvalue weighted by Gasteiger charge is -2.10. The van der Waals surface area contributed by atoms with E-state index < -0.39 is 3.23 Å². The first kappa shape index (κ1) is 13.5. The fourth-order valence-corrected chi connectivity index (χ4v) is 3.03. The maximum Gasteiger partial charge on any atom is 0.256 e. The second-order valence-electron chi connectivity index (χ2n) is 4.48. The van der Waals surface area contributed by atoms with Crippen molar-refractivity contribution in [2.75, 3.05) is 5.32 Å². The van der Waals surface area contributed by atoms with Crippen molar-refractivity contribution in [3.63, 3.8) is 0 Å². The van der Waals surface area contributed by atoms with E-state index in [-0.39, 0.29) is 11.7 Å². The van der Waals surface area contributed by atoms with Crippen LogP contribution in [0.3, 0.4) is 0 Å². The van der Waals surface area contributed by atoms with Crippen LogP contribution in [0.5, 0.6) is 0 Å². The minimum atomic E-state index is -0.913. The van der Waals surface area contributed by atoms with Crippen LogP contribution in [0.1, 0.15) is 21.5 Å². The molecule has 0 fully saturated rings. The van der Waals surface area contributed by atoms with Crippen molar-refractivity contribution in [2.24, 2.45) is 0 Å². The molecule has 0 saturated carbocycles. The normalized spacial score (nSPS) is 15.6. The lowest BCUT2D eigenvalue weighted by Crippen LogP contribution is -2.20. The zero-order valence-electron chi connectivity index (χ0n) is 10.2. The molecule has 1 aliphatic rings. The molecule has 0 saturated heterocycles. The van der Waals surface area contributed by atoms with E-state index in [2.05, 4.69) is 37.2 Å². The van der Waals surface area contributed by atoms with E-state index in [1.54, 1.807) is 30.3 Å². The van der Waals surface area contributed by atoms with Crippen molar-refractivity contribution >= 4 is 49.2 Å². The van der Waals surface area contributed by atoms with E-state index >= 15 is 0 Å². The van der Waals surface area contributed by atoms with E-state index in [4.69, 9.17) is 0 Å². The Bertz CT molecular complexity index is 711. The van der Waals surface area contributed by atoms with Gasteiger partial charge in [0.05, 0.1) is 0 Å². The number of halogens is 2. The first-order valence-electron chi connectivity index (χ1n) is 5.93. The lowest BCUT2D eigenvalue weighted by atomic mass is 10.0. The molecule has 0 aromatic heterocycles. The fourth-order valence-electron chi connectivity index (χ4n) is 2.14. The molecule has 1 amide bonds. The van der Waals surface area contributed by atoms with Gasteiger partial charge in [0.1, 0.15) is 0 Å². The summed E-state index contributed by atoms with van der Waals surface area (Å²) in [4.78, 5) is 24.2. The van der Waals surface area contributed by atoms with Gasteiger partial charge in [-0.3, -0.25) is 9.59 Å². The SMILES string of the molecule is O=C(c1ccccc1)c1ccc2c(c1)NC(=O)C2(Br)Br. The first-order valence-corrected chi connectivity index (χ1v) is 7.52. The van der Waals surface area contributed by atoms with Crippen LogP contribution in [0, 0.1) is 0 Å². The van der Waals surface area contributed by atoms with Gasteiger partial charge < -0.3 is 5.32 Å². The predicted octanol–water partition coefficient (Wildman–Crippen LogP) is 3.81. The number of rotatable bonds is 2. The van der Waals surface area contributed by atoms with Gasteiger partial charge in [-0.05, 0) is 6.07 Å². The Balaban J connectivity index is 2.02. The molecule has 20 heavy (non-hydrogen) atoms. The molecule has 0 aliphatic carbocycles. The molecule has 3 rings (SSSR count). The predicted molar refractivity (Wildman–Crippen MR) is 84.5 cm³/mol. The largest absolute Gasteiger partial charge is 0.323 e. The van der Waals surface area contributed by atoms with Gasteiger partial charge in [-0.25, -0.2) is 0 Å². The van der Waals surface area contributed by atoms with E-state index in [1.807, 2.05) is 18.2 Å². The summed E-state index contributed by atoms with van der Waals surface area (Å²) in [5.41, 5.74) is 2.59. The van der Waals surface area contributed by atoms with Crippen LogP contribution in [0.25, 0.3) is 0 Å². The Hall–Kier alpha value is -1.46. The van der Waals surface area contributed by atoms with Crippen molar-refractivity contribution < 1.29 is 9.59 Å². The smallest absolute Gasteiger partial charge is 0.256 e. The second-order valence-corrected chi connectivity index (χ2v) is 7.93. The molecule has 0 spiro atoms. The van der Waals surface area contributed by atoms with Crippen molar-refractivity contribution in [3.05, 3.63) is 65.2 Å². The zero-order valence-corrected chi connectivity index (χ0v) is 13.4. The third kappa shape index (κ3) is 2.11. The van der Waals surface area contributed by atoms with Crippen molar-refractivity contribution in [2.45, 2.75) is 3.23 Å². The molecule has 2 aromatic carbocycles. The molecule has 0 unspecified atom stereocenters. The van der Waals surface area contributed by atoms with Gasteiger partial charge in [0, 0.05) is 22.4 Å². The Morgan fingerprint density at radius 2 is 1.70 bits per heavy atom. The number of fused-ring (bicyclic) bond motifs is 1. The molecule has 1 heterocycles. The summed E-state index contributed by atoms with van der Waals surface area (Å²) < 4.78 is -0.913. The quantitative estimate of drug-likeness (QED) is 0.621. The number of benzene rings is 2. The Labute approximate surface area is 132 Å². The van der Waals surface area contributed by atoms with Crippen LogP contribution in [0.15, 0.2) is 48.5 Å². The van der Waals surface area contributed by atoms with Crippen LogP contribution in [0.2, 0.25) is 0 Å². The summed E-state index contributed by atoms with van der Waals surface area (Å²) in [7, 11) is 0. The second kappa shape index (κ2) is 4.82. The number of carbonyl (C=O) groups is 2. The number of alkyl halides is 2. The number of ketones is 1. The van der Waals surface area contributed by atoms with E-state index in [0.717, 1.165) is 5.56 Å². The van der Waals surface area contributed by atoms with Gasteiger partial charge in [0.15, 0.2) is 9.02 Å². The van der Waals surface area contributed by atoms with Crippen molar-refractivity contribution in [1.82, 2.24) is 0 Å². The minimum Gasteiger partial charge on any atom is -0.323 e. The average Bonchev–Trinajstić information content (AvgIpc) is 2.69. The van der Waals surface area contributed by atoms with Gasteiger partial charge in [0.2, 0.25) is 0 Å². The van der Waals surface area contributed by atoms with Crippen LogP contribution in [-0.4, -0.2) is 11.7 Å². The molecule has 1 aliphatic heterocycles. The molecule has 0 atom stereocenters. The molecular formula is C15H9Br2NO2. The topological polar surface area (TPSA) is 46.2 Å². The standard InChI is InChI=1S/C15H9Br2NO2/c16-15(17)11-7-6-10(8-12(11)18-14(15)20)13(19)9-4-2-1-3-5-9/h1-8H,(H,18,20). The number of amides is 1. The summed E-state index contributed by atoms with van der Waals surface area (Å²) in [5, 5.41) is 2.75. The lowest BCUT2D eigenvalue weighted by molar-refractivity contribution is -0.115. The van der Waals surface area contributed by atoms with Crippen molar-refractivity contribution in [1.29, 1.82) is 0 Å². The van der Waals surface area contributed by atoms with E-state index in [0.29, 0.717) is 16.8 Å². The minimum absolute atomic E-state index is 0.0655. The molecule has 2 aromatic rings. The van der Waals surface area contributed by atoms with Crippen LogP contribution in [0.4, 0.5) is 5.69 Å². The summed E-state index contributed by atoms with van der Waals surface area (Å²) in [6.45, 7) is 0. The number of carbonyl (C=O) groups excluding carboxylic acids is 2. The Morgan fingerprint density at radius 1 is 1.00 bits per heavy atom. The zero-order chi connectivity index (χ0) is 14.3. The molecule has 100 valence electrons. The molecule has 0 bridgehead atoms. The van der Waals surface area contributed by atoms with Gasteiger partial charge in [-0.1, -0.05) is 74.3 Å². The highest BCUT2D eigenvalue weighted by molar-refractivity contribution is 9.25. The summed E-state index contributed by atoms with van der Waals surface area (Å²) >= 11 is 6.67. The maximum absolute atomic E-state index is 12.4. The number of nitrogens with one attached hydrogen (secondary N) is 1. The number of hydrogen-bond acceptors (Lipinski definition) is 2. The number of hydrogen-bond donors (Lipinski definition) is 1. The van der Waals surface area contributed by atoms with Crippen molar-refractivity contribution in [3.8, 4) is 0 Å². The molecule has 5 heteroatoms. The summed E-state index contributed by atoms with van der Waals surface area (Å²) in [6, 6.07) is 14.3. The third-order valence-corrected chi connectivity index (χ3v) is 4.76. The van der Waals surface area contributed by atoms with Crippen LogP contribution in [-0.2, 0) is 8.03 Å². The van der Waals surface area contributed by atoms with Crippen LogP contribution >= 0.6 is 31.9 Å². The molecule has 3 nitrogen and oxygen atoms in total. The van der Waals surface area contributed by atoms with Crippen LogP contribution < -0.4 is 5.32 Å². The van der Waals surface area contributed by atoms with Gasteiger partial charge in [-0.15, -0.1) is 0 Å². The summed E-state index contributed by atoms with van der Waals surface area (Å²) in [5.74, 6) is -0.263.